The first-order valence-corrected chi connectivity index (χ1v) is 3.56. The number of hydrazine groups is 2. The Morgan fingerprint density at radius 3 is 2.55 bits per heavy atom. The normalized spacial score (nSPS) is 10.5. The van der Waals surface area contributed by atoms with Crippen LogP contribution in [0.1, 0.15) is 5.56 Å². The molecular weight excluding hydrogens is 138 g/mol. The molecule has 0 spiro atoms. The average Bonchev–Trinajstić information content (AvgIpc) is 2.06. The zero-order valence-corrected chi connectivity index (χ0v) is 6.62. The van der Waals surface area contributed by atoms with Gasteiger partial charge in [-0.25, -0.2) is 5.43 Å². The van der Waals surface area contributed by atoms with Crippen LogP contribution in [0.4, 0.5) is 0 Å². The predicted octanol–water partition coefficient (Wildman–Crippen LogP) is 0.497. The van der Waals surface area contributed by atoms with Gasteiger partial charge >= 0.3 is 0 Å². The van der Waals surface area contributed by atoms with E-state index in [1.165, 1.54) is 10.7 Å². The molecule has 0 saturated carbocycles. The largest absolute Gasteiger partial charge is 0.255 e. The zero-order valence-electron chi connectivity index (χ0n) is 6.62. The minimum Gasteiger partial charge on any atom is -0.255 e. The van der Waals surface area contributed by atoms with Crippen LogP contribution in [0.15, 0.2) is 30.3 Å². The lowest BCUT2D eigenvalue weighted by Gasteiger charge is -2.13. The van der Waals surface area contributed by atoms with E-state index in [4.69, 9.17) is 5.84 Å². The van der Waals surface area contributed by atoms with Gasteiger partial charge in [0.1, 0.15) is 0 Å². The quantitative estimate of drug-likeness (QED) is 0.488. The molecule has 0 amide bonds. The molecule has 0 atom stereocenters. The van der Waals surface area contributed by atoms with Crippen LogP contribution in [-0.2, 0) is 6.54 Å². The van der Waals surface area contributed by atoms with Gasteiger partial charge in [-0.3, -0.25) is 5.84 Å². The summed E-state index contributed by atoms with van der Waals surface area (Å²) >= 11 is 0. The summed E-state index contributed by atoms with van der Waals surface area (Å²) in [7, 11) is 1.79. The minimum absolute atomic E-state index is 0.720. The van der Waals surface area contributed by atoms with Crippen molar-refractivity contribution in [3.05, 3.63) is 35.9 Å². The van der Waals surface area contributed by atoms with Crippen LogP contribution >= 0.6 is 0 Å². The molecule has 0 fully saturated rings. The molecule has 0 bridgehead atoms. The van der Waals surface area contributed by atoms with Gasteiger partial charge in [0.2, 0.25) is 0 Å². The second-order valence-corrected chi connectivity index (χ2v) is 2.34. The molecule has 3 N–H and O–H groups in total. The maximum absolute atomic E-state index is 5.53. The SMILES string of the molecule is CNN(N)Cc1ccccc1. The molecule has 0 radical (unpaired) electrons. The first-order valence-electron chi connectivity index (χ1n) is 3.56. The molecular formula is C8H13N3. The van der Waals surface area contributed by atoms with Crippen molar-refractivity contribution >= 4 is 0 Å². The molecule has 0 heterocycles. The van der Waals surface area contributed by atoms with Gasteiger partial charge in [0.15, 0.2) is 0 Å². The Bertz CT molecular complexity index is 198. The molecule has 3 heteroatoms. The molecule has 0 unspecified atom stereocenters. The van der Waals surface area contributed by atoms with E-state index in [-0.39, 0.29) is 0 Å². The molecule has 11 heavy (non-hydrogen) atoms. The molecule has 0 aromatic heterocycles. The van der Waals surface area contributed by atoms with Gasteiger partial charge in [-0.2, -0.15) is 5.12 Å². The van der Waals surface area contributed by atoms with Crippen molar-refractivity contribution in [2.24, 2.45) is 5.84 Å². The highest BCUT2D eigenvalue weighted by Crippen LogP contribution is 1.98. The predicted molar refractivity (Wildman–Crippen MR) is 45.2 cm³/mol. The first-order chi connectivity index (χ1) is 5.33. The fraction of sp³-hybridized carbons (Fsp3) is 0.250. The average molecular weight is 151 g/mol. The second kappa shape index (κ2) is 4.08. The van der Waals surface area contributed by atoms with Crippen LogP contribution in [0.3, 0.4) is 0 Å². The summed E-state index contributed by atoms with van der Waals surface area (Å²) in [5.74, 6) is 5.53. The topological polar surface area (TPSA) is 41.3 Å². The third kappa shape index (κ3) is 2.67. The van der Waals surface area contributed by atoms with Gasteiger partial charge in [-0.15, -0.1) is 0 Å². The lowest BCUT2D eigenvalue weighted by atomic mass is 10.2. The number of hydrogen-bond acceptors (Lipinski definition) is 3. The highest BCUT2D eigenvalue weighted by atomic mass is 15.6. The van der Waals surface area contributed by atoms with Crippen LogP contribution in [-0.4, -0.2) is 12.2 Å². The number of benzene rings is 1. The van der Waals surface area contributed by atoms with Gasteiger partial charge in [-0.1, -0.05) is 30.3 Å². The molecule has 0 aliphatic carbocycles. The van der Waals surface area contributed by atoms with E-state index in [9.17, 15) is 0 Å². The van der Waals surface area contributed by atoms with E-state index in [2.05, 4.69) is 5.43 Å². The summed E-state index contributed by atoms with van der Waals surface area (Å²) in [5, 5.41) is 1.54. The summed E-state index contributed by atoms with van der Waals surface area (Å²) in [5.41, 5.74) is 4.02. The number of nitrogens with zero attached hydrogens (tertiary/aromatic N) is 1. The van der Waals surface area contributed by atoms with Crippen molar-refractivity contribution in [3.8, 4) is 0 Å². The van der Waals surface area contributed by atoms with Gasteiger partial charge < -0.3 is 0 Å². The van der Waals surface area contributed by atoms with Crippen molar-refractivity contribution in [3.63, 3.8) is 0 Å². The zero-order chi connectivity index (χ0) is 8.10. The van der Waals surface area contributed by atoms with Crippen LogP contribution in [0.25, 0.3) is 0 Å². The van der Waals surface area contributed by atoms with E-state index in [0.717, 1.165) is 6.54 Å². The Morgan fingerprint density at radius 1 is 1.36 bits per heavy atom. The van der Waals surface area contributed by atoms with E-state index in [0.29, 0.717) is 0 Å². The van der Waals surface area contributed by atoms with Gasteiger partial charge in [0.05, 0.1) is 6.54 Å². The Labute approximate surface area is 66.8 Å². The molecule has 0 saturated heterocycles. The van der Waals surface area contributed by atoms with E-state index >= 15 is 0 Å². The second-order valence-electron chi connectivity index (χ2n) is 2.34. The van der Waals surface area contributed by atoms with Crippen LogP contribution in [0.5, 0.6) is 0 Å². The van der Waals surface area contributed by atoms with E-state index in [1.807, 2.05) is 30.3 Å². The van der Waals surface area contributed by atoms with Gasteiger partial charge in [0.25, 0.3) is 0 Å². The molecule has 1 aromatic carbocycles. The maximum Gasteiger partial charge on any atom is 0.0536 e. The summed E-state index contributed by atoms with van der Waals surface area (Å²) in [6.45, 7) is 0.720. The summed E-state index contributed by atoms with van der Waals surface area (Å²) < 4.78 is 0. The third-order valence-electron chi connectivity index (χ3n) is 1.48. The first kappa shape index (κ1) is 8.20. The highest BCUT2D eigenvalue weighted by molar-refractivity contribution is 5.13. The Hall–Kier alpha value is -0.900. The standard InChI is InChI=1S/C8H13N3/c1-10-11(9)7-8-5-3-2-4-6-8/h2-6,10H,7,9H2,1H3. The number of nitrogens with two attached hydrogens (primary N) is 1. The van der Waals surface area contributed by atoms with Crippen molar-refractivity contribution in [2.45, 2.75) is 6.54 Å². The molecule has 0 aliphatic rings. The Morgan fingerprint density at radius 2 is 2.00 bits per heavy atom. The van der Waals surface area contributed by atoms with Crippen molar-refractivity contribution in [2.75, 3.05) is 7.05 Å². The number of nitrogens with one attached hydrogen (secondary N) is 1. The summed E-state index contributed by atoms with van der Waals surface area (Å²) in [6, 6.07) is 10.1. The lowest BCUT2D eigenvalue weighted by molar-refractivity contribution is 0.204. The smallest absolute Gasteiger partial charge is 0.0536 e. The van der Waals surface area contributed by atoms with Crippen molar-refractivity contribution in [1.29, 1.82) is 0 Å². The monoisotopic (exact) mass is 151 g/mol. The number of hydrogen-bond donors (Lipinski definition) is 2. The third-order valence-corrected chi connectivity index (χ3v) is 1.48. The summed E-state index contributed by atoms with van der Waals surface area (Å²) in [6.07, 6.45) is 0. The molecule has 3 nitrogen and oxygen atoms in total. The Kier molecular flexibility index (Phi) is 3.04. The van der Waals surface area contributed by atoms with Crippen LogP contribution in [0.2, 0.25) is 0 Å². The minimum atomic E-state index is 0.720. The fourth-order valence-corrected chi connectivity index (χ4v) is 0.859. The van der Waals surface area contributed by atoms with Crippen LogP contribution in [0, 0.1) is 0 Å². The van der Waals surface area contributed by atoms with Gasteiger partial charge in [0, 0.05) is 7.05 Å². The summed E-state index contributed by atoms with van der Waals surface area (Å²) in [4.78, 5) is 0. The van der Waals surface area contributed by atoms with Crippen molar-refractivity contribution < 1.29 is 0 Å². The Balaban J connectivity index is 2.51. The van der Waals surface area contributed by atoms with E-state index < -0.39 is 0 Å². The molecule has 0 aliphatic heterocycles. The maximum atomic E-state index is 5.53. The van der Waals surface area contributed by atoms with Crippen molar-refractivity contribution in [1.82, 2.24) is 10.5 Å². The van der Waals surface area contributed by atoms with Gasteiger partial charge in [-0.05, 0) is 5.56 Å². The molecule has 60 valence electrons. The van der Waals surface area contributed by atoms with E-state index in [1.54, 1.807) is 7.05 Å². The number of rotatable bonds is 3. The molecule has 1 rings (SSSR count). The highest BCUT2D eigenvalue weighted by Gasteiger charge is 1.94. The molecule has 1 aromatic rings. The van der Waals surface area contributed by atoms with Crippen LogP contribution < -0.4 is 11.3 Å². The lowest BCUT2D eigenvalue weighted by Crippen LogP contribution is -2.40. The fourth-order valence-electron chi connectivity index (χ4n) is 0.859.